The van der Waals surface area contributed by atoms with E-state index in [0.717, 1.165) is 11.1 Å². The Morgan fingerprint density at radius 1 is 1.47 bits per heavy atom. The maximum Gasteiger partial charge on any atom is 0.321 e. The smallest absolute Gasteiger partial charge is 0.321 e. The van der Waals surface area contributed by atoms with Crippen molar-refractivity contribution in [2.24, 2.45) is 5.73 Å². The number of nitrogens with zero attached hydrogens (tertiary/aromatic N) is 1. The van der Waals surface area contributed by atoms with Gasteiger partial charge in [-0.2, -0.15) is 0 Å². The molecule has 0 aliphatic rings. The van der Waals surface area contributed by atoms with E-state index in [2.05, 4.69) is 17.2 Å². The number of hydrogen-bond acceptors (Lipinski definition) is 2. The van der Waals surface area contributed by atoms with Crippen LogP contribution >= 0.6 is 0 Å². The van der Waals surface area contributed by atoms with Gasteiger partial charge in [0.05, 0.1) is 12.2 Å². The van der Waals surface area contributed by atoms with E-state index in [4.69, 9.17) is 5.73 Å². The first-order valence-corrected chi connectivity index (χ1v) is 5.32. The summed E-state index contributed by atoms with van der Waals surface area (Å²) >= 11 is 0. The van der Waals surface area contributed by atoms with Crippen LogP contribution in [0.3, 0.4) is 0 Å². The van der Waals surface area contributed by atoms with E-state index in [-0.39, 0.29) is 6.03 Å². The van der Waals surface area contributed by atoms with Crippen molar-refractivity contribution in [3.63, 3.8) is 0 Å². The van der Waals surface area contributed by atoms with E-state index < -0.39 is 0 Å². The van der Waals surface area contributed by atoms with Gasteiger partial charge in [-0.05, 0) is 24.6 Å². The van der Waals surface area contributed by atoms with Crippen molar-refractivity contribution >= 4 is 11.7 Å². The highest BCUT2D eigenvalue weighted by atomic mass is 16.2. The molecule has 4 nitrogen and oxygen atoms in total. The minimum Gasteiger partial charge on any atom is -0.331 e. The summed E-state index contributed by atoms with van der Waals surface area (Å²) in [5.41, 5.74) is 7.89. The van der Waals surface area contributed by atoms with Gasteiger partial charge in [0.2, 0.25) is 0 Å². The van der Waals surface area contributed by atoms with Gasteiger partial charge in [0.1, 0.15) is 0 Å². The lowest BCUT2D eigenvalue weighted by molar-refractivity contribution is 0.230. The fourth-order valence-corrected chi connectivity index (χ4v) is 1.24. The Balaban J connectivity index is 3.03. The monoisotopic (exact) mass is 231 g/mol. The van der Waals surface area contributed by atoms with Crippen molar-refractivity contribution in [1.29, 1.82) is 0 Å². The van der Waals surface area contributed by atoms with E-state index in [1.165, 1.54) is 4.90 Å². The predicted molar refractivity (Wildman–Crippen MR) is 69.8 cm³/mol. The number of anilines is 1. The minimum atomic E-state index is -0.175. The zero-order valence-electron chi connectivity index (χ0n) is 10.4. The minimum absolute atomic E-state index is 0.175. The van der Waals surface area contributed by atoms with E-state index >= 15 is 0 Å². The van der Waals surface area contributed by atoms with Crippen LogP contribution in [0.1, 0.15) is 11.1 Å². The van der Waals surface area contributed by atoms with Crippen LogP contribution in [0.15, 0.2) is 18.2 Å². The number of urea groups is 1. The molecule has 0 radical (unpaired) electrons. The molecule has 0 spiro atoms. The molecule has 0 aliphatic heterocycles. The number of amides is 2. The molecule has 1 aromatic carbocycles. The van der Waals surface area contributed by atoms with Gasteiger partial charge in [-0.15, -0.1) is 0 Å². The Bertz CT molecular complexity index is 469. The zero-order chi connectivity index (χ0) is 12.8. The predicted octanol–water partition coefficient (Wildman–Crippen LogP) is 1.40. The molecule has 0 bridgehead atoms. The third-order valence-electron chi connectivity index (χ3n) is 2.15. The second kappa shape index (κ2) is 5.92. The molecule has 1 aromatic rings. The van der Waals surface area contributed by atoms with Crippen LogP contribution in [0.25, 0.3) is 0 Å². The lowest BCUT2D eigenvalue weighted by Gasteiger charge is -2.13. The van der Waals surface area contributed by atoms with Crippen LogP contribution in [0.5, 0.6) is 0 Å². The average molecular weight is 231 g/mol. The van der Waals surface area contributed by atoms with Gasteiger partial charge in [0.15, 0.2) is 0 Å². The highest BCUT2D eigenvalue weighted by Gasteiger charge is 2.07. The summed E-state index contributed by atoms with van der Waals surface area (Å²) in [5, 5.41) is 2.80. The lowest BCUT2D eigenvalue weighted by atomic mass is 10.1. The van der Waals surface area contributed by atoms with Crippen LogP contribution in [0.4, 0.5) is 10.5 Å². The topological polar surface area (TPSA) is 58.4 Å². The highest BCUT2D eigenvalue weighted by Crippen LogP contribution is 2.16. The third kappa shape index (κ3) is 3.82. The number of benzene rings is 1. The molecule has 0 fully saturated rings. The van der Waals surface area contributed by atoms with Gasteiger partial charge in [0, 0.05) is 19.7 Å². The molecule has 17 heavy (non-hydrogen) atoms. The van der Waals surface area contributed by atoms with Gasteiger partial charge in [-0.25, -0.2) is 4.79 Å². The summed E-state index contributed by atoms with van der Waals surface area (Å²) in [6, 6.07) is 5.54. The Labute approximate surface area is 102 Å². The van der Waals surface area contributed by atoms with E-state index in [0.29, 0.717) is 12.2 Å². The Morgan fingerprint density at radius 3 is 2.76 bits per heavy atom. The van der Waals surface area contributed by atoms with Gasteiger partial charge in [0.25, 0.3) is 0 Å². The first-order valence-electron chi connectivity index (χ1n) is 5.32. The van der Waals surface area contributed by atoms with E-state index in [1.54, 1.807) is 14.1 Å². The van der Waals surface area contributed by atoms with Crippen LogP contribution in [0, 0.1) is 18.8 Å². The second-order valence-electron chi connectivity index (χ2n) is 3.88. The quantitative estimate of drug-likeness (QED) is 0.718. The molecule has 0 unspecified atom stereocenters. The van der Waals surface area contributed by atoms with Crippen molar-refractivity contribution in [2.45, 2.75) is 6.92 Å². The molecule has 90 valence electrons. The molecule has 2 amide bonds. The number of carbonyl (C=O) groups excluding carboxylic acids is 1. The maximum atomic E-state index is 11.6. The average Bonchev–Trinajstić information content (AvgIpc) is 2.28. The molecule has 0 atom stereocenters. The SMILES string of the molecule is Cc1ccc(C#CCN)c(NC(=O)N(C)C)c1. The number of hydrogen-bond donors (Lipinski definition) is 2. The number of nitrogens with one attached hydrogen (secondary N) is 1. The fraction of sp³-hybridized carbons (Fsp3) is 0.308. The van der Waals surface area contributed by atoms with Gasteiger partial charge in [-0.3, -0.25) is 0 Å². The molecule has 0 aliphatic carbocycles. The number of rotatable bonds is 1. The molecular formula is C13H17N3O. The number of nitrogens with two attached hydrogens (primary N) is 1. The van der Waals surface area contributed by atoms with E-state index in [9.17, 15) is 4.79 Å². The van der Waals surface area contributed by atoms with Crippen molar-refractivity contribution < 1.29 is 4.79 Å². The number of aryl methyl sites for hydroxylation is 1. The first-order chi connectivity index (χ1) is 8.04. The first kappa shape index (κ1) is 13.1. The van der Waals surface area contributed by atoms with Crippen molar-refractivity contribution in [3.05, 3.63) is 29.3 Å². The maximum absolute atomic E-state index is 11.6. The highest BCUT2D eigenvalue weighted by molar-refractivity contribution is 5.90. The van der Waals surface area contributed by atoms with Gasteiger partial charge in [-0.1, -0.05) is 17.9 Å². The lowest BCUT2D eigenvalue weighted by Crippen LogP contribution is -2.27. The number of carbonyl (C=O) groups is 1. The summed E-state index contributed by atoms with van der Waals surface area (Å²) in [5.74, 6) is 5.72. The van der Waals surface area contributed by atoms with Crippen LogP contribution in [-0.4, -0.2) is 31.6 Å². The Hall–Kier alpha value is -1.99. The second-order valence-corrected chi connectivity index (χ2v) is 3.88. The fourth-order valence-electron chi connectivity index (χ4n) is 1.24. The van der Waals surface area contributed by atoms with Crippen LogP contribution in [-0.2, 0) is 0 Å². The summed E-state index contributed by atoms with van der Waals surface area (Å²) in [7, 11) is 3.38. The third-order valence-corrected chi connectivity index (χ3v) is 2.15. The van der Waals surface area contributed by atoms with Gasteiger partial charge >= 0.3 is 6.03 Å². The molecule has 1 rings (SSSR count). The Morgan fingerprint density at radius 2 is 2.18 bits per heavy atom. The summed E-state index contributed by atoms with van der Waals surface area (Å²) < 4.78 is 0. The molecule has 0 aromatic heterocycles. The molecule has 0 saturated carbocycles. The van der Waals surface area contributed by atoms with Crippen LogP contribution in [0.2, 0.25) is 0 Å². The standard InChI is InChI=1S/C13H17N3O/c1-10-6-7-11(5-4-8-14)12(9-10)15-13(17)16(2)3/h6-7,9H,8,14H2,1-3H3,(H,15,17). The van der Waals surface area contributed by atoms with E-state index in [1.807, 2.05) is 25.1 Å². The van der Waals surface area contributed by atoms with Gasteiger partial charge < -0.3 is 16.0 Å². The van der Waals surface area contributed by atoms with Crippen LogP contribution < -0.4 is 11.1 Å². The normalized spacial score (nSPS) is 9.18. The summed E-state index contributed by atoms with van der Waals surface area (Å²) in [6.45, 7) is 2.26. The molecule has 0 saturated heterocycles. The van der Waals surface area contributed by atoms with Crippen molar-refractivity contribution in [3.8, 4) is 11.8 Å². The summed E-state index contributed by atoms with van der Waals surface area (Å²) in [4.78, 5) is 13.1. The molecule has 0 heterocycles. The summed E-state index contributed by atoms with van der Waals surface area (Å²) in [6.07, 6.45) is 0. The van der Waals surface area contributed by atoms with Crippen molar-refractivity contribution in [1.82, 2.24) is 4.90 Å². The molecule has 3 N–H and O–H groups in total. The molecular weight excluding hydrogens is 214 g/mol. The largest absolute Gasteiger partial charge is 0.331 e. The van der Waals surface area contributed by atoms with Crippen molar-refractivity contribution in [2.75, 3.05) is 26.0 Å². The Kier molecular flexibility index (Phi) is 4.56. The molecule has 4 heteroatoms. The zero-order valence-corrected chi connectivity index (χ0v) is 10.4.